The van der Waals surface area contributed by atoms with Crippen LogP contribution in [0.5, 0.6) is 0 Å². The van der Waals surface area contributed by atoms with Crippen LogP contribution in [0.1, 0.15) is 36.4 Å². The normalized spacial score (nSPS) is 21.9. The molecule has 0 amide bonds. The number of piperazine rings is 1. The second-order valence-corrected chi connectivity index (χ2v) is 5.92. The van der Waals surface area contributed by atoms with Gasteiger partial charge in [0.05, 0.1) is 0 Å². The molecule has 1 aromatic carbocycles. The van der Waals surface area contributed by atoms with Crippen molar-refractivity contribution in [1.82, 2.24) is 10.2 Å². The van der Waals surface area contributed by atoms with Crippen LogP contribution < -0.4 is 5.32 Å². The maximum absolute atomic E-state index is 13.6. The van der Waals surface area contributed by atoms with Gasteiger partial charge in [-0.05, 0) is 48.9 Å². The van der Waals surface area contributed by atoms with Crippen molar-refractivity contribution in [3.8, 4) is 0 Å². The number of nitrogens with one attached hydrogen (secondary N) is 1. The Hall–Kier alpha value is -0.640. The summed E-state index contributed by atoms with van der Waals surface area (Å²) in [6.45, 7) is 6.38. The molecule has 20 heavy (non-hydrogen) atoms. The van der Waals surface area contributed by atoms with Crippen LogP contribution in [-0.4, -0.2) is 31.1 Å². The average molecular weight is 299 g/mol. The minimum absolute atomic E-state index is 0. The van der Waals surface area contributed by atoms with Crippen LogP contribution in [0.15, 0.2) is 18.2 Å². The van der Waals surface area contributed by atoms with Crippen molar-refractivity contribution >= 4 is 12.4 Å². The molecule has 1 aromatic rings. The highest BCUT2D eigenvalue weighted by Crippen LogP contribution is 2.42. The molecule has 2 fully saturated rings. The van der Waals surface area contributed by atoms with Gasteiger partial charge < -0.3 is 5.32 Å². The molecular weight excluding hydrogens is 275 g/mol. The lowest BCUT2D eigenvalue weighted by Crippen LogP contribution is -2.48. The van der Waals surface area contributed by atoms with Gasteiger partial charge in [-0.1, -0.05) is 12.5 Å². The van der Waals surface area contributed by atoms with Crippen LogP contribution in [0.3, 0.4) is 0 Å². The Morgan fingerprint density at radius 3 is 2.55 bits per heavy atom. The Morgan fingerprint density at radius 1 is 1.25 bits per heavy atom. The van der Waals surface area contributed by atoms with E-state index < -0.39 is 0 Å². The summed E-state index contributed by atoms with van der Waals surface area (Å²) in [5.41, 5.74) is 2.45. The van der Waals surface area contributed by atoms with E-state index in [2.05, 4.69) is 17.1 Å². The van der Waals surface area contributed by atoms with E-state index in [9.17, 15) is 4.39 Å². The minimum Gasteiger partial charge on any atom is -0.314 e. The number of benzene rings is 1. The Kier molecular flexibility index (Phi) is 5.42. The quantitative estimate of drug-likeness (QED) is 0.921. The second kappa shape index (κ2) is 6.88. The molecule has 1 N–H and O–H groups in total. The first kappa shape index (κ1) is 15.7. The highest BCUT2D eigenvalue weighted by atomic mass is 35.5. The molecule has 112 valence electrons. The number of hydrogen-bond donors (Lipinski definition) is 1. The van der Waals surface area contributed by atoms with Crippen molar-refractivity contribution in [2.24, 2.45) is 5.92 Å². The first-order chi connectivity index (χ1) is 9.25. The first-order valence-electron chi connectivity index (χ1n) is 7.46. The fraction of sp³-hybridized carbons (Fsp3) is 0.625. The van der Waals surface area contributed by atoms with Gasteiger partial charge in [-0.2, -0.15) is 0 Å². The highest BCUT2D eigenvalue weighted by molar-refractivity contribution is 5.85. The second-order valence-electron chi connectivity index (χ2n) is 5.92. The number of nitrogens with zero attached hydrogens (tertiary/aromatic N) is 1. The predicted molar refractivity (Wildman–Crippen MR) is 82.9 cm³/mol. The van der Waals surface area contributed by atoms with E-state index in [1.165, 1.54) is 30.4 Å². The molecular formula is C16H24ClFN2. The molecule has 0 spiro atoms. The third-order valence-electron chi connectivity index (χ3n) is 4.70. The summed E-state index contributed by atoms with van der Waals surface area (Å²) < 4.78 is 13.6. The summed E-state index contributed by atoms with van der Waals surface area (Å²) in [6.07, 6.45) is 3.93. The van der Waals surface area contributed by atoms with Crippen LogP contribution in [0.25, 0.3) is 0 Å². The van der Waals surface area contributed by atoms with E-state index in [0.29, 0.717) is 6.04 Å². The Bertz CT molecular complexity index is 442. The molecule has 0 unspecified atom stereocenters. The van der Waals surface area contributed by atoms with Crippen LogP contribution in [0.4, 0.5) is 4.39 Å². The van der Waals surface area contributed by atoms with Gasteiger partial charge in [0, 0.05) is 32.2 Å². The minimum atomic E-state index is -0.0972. The van der Waals surface area contributed by atoms with E-state index in [-0.39, 0.29) is 18.2 Å². The molecule has 1 atom stereocenters. The predicted octanol–water partition coefficient (Wildman–Crippen LogP) is 3.30. The van der Waals surface area contributed by atoms with Gasteiger partial charge in [0.25, 0.3) is 0 Å². The lowest BCUT2D eigenvalue weighted by molar-refractivity contribution is 0.0831. The van der Waals surface area contributed by atoms with Crippen LogP contribution in [-0.2, 0) is 0 Å². The van der Waals surface area contributed by atoms with Gasteiger partial charge in [-0.15, -0.1) is 12.4 Å². The van der Waals surface area contributed by atoms with Gasteiger partial charge in [0.1, 0.15) is 5.82 Å². The van der Waals surface area contributed by atoms with Crippen LogP contribution in [0, 0.1) is 18.7 Å². The lowest BCUT2D eigenvalue weighted by Gasteiger charge is -2.43. The standard InChI is InChI=1S/C16H23FN2.ClH/c1-12-5-6-14(17)11-15(12)16(13-3-2-4-13)19-9-7-18-8-10-19;/h5-6,11,13,16,18H,2-4,7-10H2,1H3;1H/t16-;/m0./s1. The van der Waals surface area contributed by atoms with Crippen molar-refractivity contribution in [3.63, 3.8) is 0 Å². The molecule has 0 radical (unpaired) electrons. The summed E-state index contributed by atoms with van der Waals surface area (Å²) in [4.78, 5) is 2.56. The number of halogens is 2. The first-order valence-corrected chi connectivity index (χ1v) is 7.46. The number of hydrogen-bond acceptors (Lipinski definition) is 2. The van der Waals surface area contributed by atoms with Gasteiger partial charge >= 0.3 is 0 Å². The molecule has 0 aromatic heterocycles. The fourth-order valence-electron chi connectivity index (χ4n) is 3.39. The highest BCUT2D eigenvalue weighted by Gasteiger charge is 2.34. The molecule has 0 bridgehead atoms. The van der Waals surface area contributed by atoms with Gasteiger partial charge in [-0.25, -0.2) is 4.39 Å². The average Bonchev–Trinajstić information content (AvgIpc) is 2.38. The van der Waals surface area contributed by atoms with Gasteiger partial charge in [0.2, 0.25) is 0 Å². The van der Waals surface area contributed by atoms with Gasteiger partial charge in [0.15, 0.2) is 0 Å². The van der Waals surface area contributed by atoms with Gasteiger partial charge in [-0.3, -0.25) is 4.90 Å². The topological polar surface area (TPSA) is 15.3 Å². The van der Waals surface area contributed by atoms with Crippen molar-refractivity contribution in [3.05, 3.63) is 35.1 Å². The zero-order valence-corrected chi connectivity index (χ0v) is 12.9. The van der Waals surface area contributed by atoms with E-state index >= 15 is 0 Å². The molecule has 4 heteroatoms. The molecule has 1 aliphatic heterocycles. The molecule has 1 saturated heterocycles. The van der Waals surface area contributed by atoms with Crippen molar-refractivity contribution in [2.45, 2.75) is 32.2 Å². The lowest BCUT2D eigenvalue weighted by atomic mass is 9.75. The molecule has 1 saturated carbocycles. The Balaban J connectivity index is 0.00000147. The third kappa shape index (κ3) is 3.16. The molecule has 1 heterocycles. The summed E-state index contributed by atoms with van der Waals surface area (Å²) >= 11 is 0. The van der Waals surface area contributed by atoms with Crippen LogP contribution >= 0.6 is 12.4 Å². The van der Waals surface area contributed by atoms with Crippen molar-refractivity contribution in [2.75, 3.05) is 26.2 Å². The molecule has 3 rings (SSSR count). The molecule has 2 nitrogen and oxygen atoms in total. The summed E-state index contributed by atoms with van der Waals surface area (Å²) in [5.74, 6) is 0.624. The zero-order valence-electron chi connectivity index (χ0n) is 12.1. The monoisotopic (exact) mass is 298 g/mol. The Morgan fingerprint density at radius 2 is 1.95 bits per heavy atom. The summed E-state index contributed by atoms with van der Waals surface area (Å²) in [7, 11) is 0. The van der Waals surface area contributed by atoms with E-state index in [0.717, 1.165) is 32.1 Å². The molecule has 1 aliphatic carbocycles. The van der Waals surface area contributed by atoms with E-state index in [4.69, 9.17) is 0 Å². The van der Waals surface area contributed by atoms with Crippen LogP contribution in [0.2, 0.25) is 0 Å². The maximum Gasteiger partial charge on any atom is 0.123 e. The SMILES string of the molecule is Cc1ccc(F)cc1[C@H](C1CCC1)N1CCNCC1.Cl. The Labute approximate surface area is 127 Å². The number of aryl methyl sites for hydroxylation is 1. The van der Waals surface area contributed by atoms with Crippen molar-refractivity contribution < 1.29 is 4.39 Å². The van der Waals surface area contributed by atoms with E-state index in [1.54, 1.807) is 12.1 Å². The largest absolute Gasteiger partial charge is 0.314 e. The van der Waals surface area contributed by atoms with Crippen molar-refractivity contribution in [1.29, 1.82) is 0 Å². The fourth-order valence-corrected chi connectivity index (χ4v) is 3.39. The molecule has 2 aliphatic rings. The summed E-state index contributed by atoms with van der Waals surface area (Å²) in [5, 5.41) is 3.41. The zero-order chi connectivity index (χ0) is 13.2. The third-order valence-corrected chi connectivity index (χ3v) is 4.70. The maximum atomic E-state index is 13.6. The summed E-state index contributed by atoms with van der Waals surface area (Å²) in [6, 6.07) is 5.69. The van der Waals surface area contributed by atoms with E-state index in [1.807, 2.05) is 6.07 Å². The smallest absolute Gasteiger partial charge is 0.123 e. The number of rotatable bonds is 3.